The van der Waals surface area contributed by atoms with Gasteiger partial charge in [0.25, 0.3) is 0 Å². The summed E-state index contributed by atoms with van der Waals surface area (Å²) in [5.74, 6) is 1.61. The highest BCUT2D eigenvalue weighted by Gasteiger charge is 2.00. The highest BCUT2D eigenvalue weighted by Crippen LogP contribution is 2.12. The molecule has 16 heavy (non-hydrogen) atoms. The quantitative estimate of drug-likeness (QED) is 0.805. The van der Waals surface area contributed by atoms with E-state index in [0.29, 0.717) is 0 Å². The van der Waals surface area contributed by atoms with Crippen molar-refractivity contribution in [2.24, 2.45) is 0 Å². The molecule has 1 aromatic carbocycles. The van der Waals surface area contributed by atoms with Crippen LogP contribution in [0.4, 0.5) is 0 Å². The topological polar surface area (TPSA) is 38.0 Å². The zero-order valence-corrected chi connectivity index (χ0v) is 9.73. The molecule has 84 valence electrons. The highest BCUT2D eigenvalue weighted by molar-refractivity contribution is 7.98. The van der Waals surface area contributed by atoms with Gasteiger partial charge in [0.15, 0.2) is 0 Å². The molecule has 0 aliphatic rings. The summed E-state index contributed by atoms with van der Waals surface area (Å²) < 4.78 is 1.87. The Morgan fingerprint density at radius 3 is 2.75 bits per heavy atom. The largest absolute Gasteiger partial charge is 0.396 e. The number of benzene rings is 1. The monoisotopic (exact) mass is 234 g/mol. The maximum atomic E-state index is 8.68. The molecule has 0 unspecified atom stereocenters. The summed E-state index contributed by atoms with van der Waals surface area (Å²) in [6.07, 6.45) is 1.96. The van der Waals surface area contributed by atoms with Crippen molar-refractivity contribution in [1.82, 2.24) is 9.78 Å². The molecular weight excluding hydrogens is 220 g/mol. The van der Waals surface area contributed by atoms with Crippen LogP contribution in [0, 0.1) is 0 Å². The van der Waals surface area contributed by atoms with Gasteiger partial charge >= 0.3 is 0 Å². The van der Waals surface area contributed by atoms with E-state index in [0.717, 1.165) is 22.9 Å². The molecule has 0 saturated heterocycles. The van der Waals surface area contributed by atoms with Gasteiger partial charge in [0.1, 0.15) is 0 Å². The summed E-state index contributed by atoms with van der Waals surface area (Å²) in [4.78, 5) is 0. The van der Waals surface area contributed by atoms with Gasteiger partial charge in [0.2, 0.25) is 0 Å². The number of aliphatic hydroxyl groups is 1. The summed E-state index contributed by atoms with van der Waals surface area (Å²) >= 11 is 1.69. The third-order valence-corrected chi connectivity index (χ3v) is 3.12. The average molecular weight is 234 g/mol. The molecule has 0 radical (unpaired) electrons. The maximum Gasteiger partial charge on any atom is 0.0727 e. The molecule has 2 rings (SSSR count). The van der Waals surface area contributed by atoms with Crippen molar-refractivity contribution in [2.75, 3.05) is 12.4 Å². The summed E-state index contributed by atoms with van der Waals surface area (Å²) in [5, 5.41) is 13.1. The van der Waals surface area contributed by atoms with Gasteiger partial charge < -0.3 is 5.11 Å². The average Bonchev–Trinajstić information content (AvgIpc) is 2.79. The van der Waals surface area contributed by atoms with Gasteiger partial charge in [-0.15, -0.1) is 0 Å². The molecule has 1 heterocycles. The SMILES string of the molecule is OCCSCc1ccn(-c2ccccc2)n1. The molecule has 0 saturated carbocycles. The third-order valence-electron chi connectivity index (χ3n) is 2.15. The molecule has 0 bridgehead atoms. The van der Waals surface area contributed by atoms with Crippen LogP contribution >= 0.6 is 11.8 Å². The standard InChI is InChI=1S/C12H14N2OS/c15-8-9-16-10-11-6-7-14(13-11)12-4-2-1-3-5-12/h1-7,15H,8-10H2. The first-order valence-corrected chi connectivity index (χ1v) is 6.34. The van der Waals surface area contributed by atoms with Crippen molar-refractivity contribution in [3.8, 4) is 5.69 Å². The van der Waals surface area contributed by atoms with Crippen LogP contribution in [0.2, 0.25) is 0 Å². The first-order valence-electron chi connectivity index (χ1n) is 5.19. The van der Waals surface area contributed by atoms with E-state index in [2.05, 4.69) is 5.10 Å². The number of para-hydroxylation sites is 1. The fraction of sp³-hybridized carbons (Fsp3) is 0.250. The van der Waals surface area contributed by atoms with Crippen LogP contribution in [0.15, 0.2) is 42.6 Å². The smallest absolute Gasteiger partial charge is 0.0727 e. The van der Waals surface area contributed by atoms with Gasteiger partial charge in [-0.05, 0) is 18.2 Å². The Morgan fingerprint density at radius 2 is 2.00 bits per heavy atom. The Balaban J connectivity index is 2.02. The molecule has 3 nitrogen and oxygen atoms in total. The van der Waals surface area contributed by atoms with Gasteiger partial charge in [0.05, 0.1) is 18.0 Å². The second-order valence-corrected chi connectivity index (χ2v) is 4.47. The summed E-state index contributed by atoms with van der Waals surface area (Å²) in [6, 6.07) is 12.0. The van der Waals surface area contributed by atoms with E-state index in [1.54, 1.807) is 11.8 Å². The lowest BCUT2D eigenvalue weighted by Crippen LogP contribution is -1.95. The normalized spacial score (nSPS) is 10.6. The lowest BCUT2D eigenvalue weighted by molar-refractivity contribution is 0.322. The molecule has 2 aromatic rings. The van der Waals surface area contributed by atoms with Crippen LogP contribution in [0.3, 0.4) is 0 Å². The third kappa shape index (κ3) is 2.87. The van der Waals surface area contributed by atoms with Crippen molar-refractivity contribution < 1.29 is 5.11 Å². The van der Waals surface area contributed by atoms with Crippen LogP contribution in [0.5, 0.6) is 0 Å². The Kier molecular flexibility index (Phi) is 4.02. The van der Waals surface area contributed by atoms with Crippen LogP contribution < -0.4 is 0 Å². The van der Waals surface area contributed by atoms with E-state index < -0.39 is 0 Å². The molecule has 0 spiro atoms. The number of rotatable bonds is 5. The molecule has 0 atom stereocenters. The Bertz CT molecular complexity index is 428. The van der Waals surface area contributed by atoms with Crippen molar-refractivity contribution in [3.05, 3.63) is 48.3 Å². The Morgan fingerprint density at radius 1 is 1.19 bits per heavy atom. The lowest BCUT2D eigenvalue weighted by atomic mass is 10.3. The maximum absolute atomic E-state index is 8.68. The van der Waals surface area contributed by atoms with Gasteiger partial charge in [0, 0.05) is 17.7 Å². The number of hydrogen-bond donors (Lipinski definition) is 1. The Labute approximate surface area is 99.1 Å². The second kappa shape index (κ2) is 5.72. The van der Waals surface area contributed by atoms with E-state index in [-0.39, 0.29) is 6.61 Å². The van der Waals surface area contributed by atoms with E-state index in [1.165, 1.54) is 0 Å². The molecule has 0 aliphatic carbocycles. The van der Waals surface area contributed by atoms with E-state index in [4.69, 9.17) is 5.11 Å². The molecule has 1 aromatic heterocycles. The minimum absolute atomic E-state index is 0.226. The summed E-state index contributed by atoms with van der Waals surface area (Å²) in [5.41, 5.74) is 2.11. The fourth-order valence-electron chi connectivity index (χ4n) is 1.40. The zero-order valence-electron chi connectivity index (χ0n) is 8.91. The molecular formula is C12H14N2OS. The first-order chi connectivity index (χ1) is 7.90. The van der Waals surface area contributed by atoms with Crippen LogP contribution in [-0.4, -0.2) is 27.2 Å². The van der Waals surface area contributed by atoms with Gasteiger partial charge in [-0.1, -0.05) is 18.2 Å². The molecule has 1 N–H and O–H groups in total. The lowest BCUT2D eigenvalue weighted by Gasteiger charge is -1.99. The number of hydrogen-bond acceptors (Lipinski definition) is 3. The van der Waals surface area contributed by atoms with Crippen molar-refractivity contribution in [1.29, 1.82) is 0 Å². The predicted molar refractivity (Wildman–Crippen MR) is 66.8 cm³/mol. The minimum Gasteiger partial charge on any atom is -0.396 e. The summed E-state index contributed by atoms with van der Waals surface area (Å²) in [7, 11) is 0. The Hall–Kier alpha value is -1.26. The predicted octanol–water partition coefficient (Wildman–Crippen LogP) is 2.10. The first kappa shape index (κ1) is 11.2. The molecule has 0 fully saturated rings. The number of aliphatic hydroxyl groups excluding tert-OH is 1. The van der Waals surface area contributed by atoms with Crippen LogP contribution in [0.1, 0.15) is 5.69 Å². The molecule has 0 amide bonds. The van der Waals surface area contributed by atoms with Crippen LogP contribution in [-0.2, 0) is 5.75 Å². The van der Waals surface area contributed by atoms with Crippen molar-refractivity contribution in [2.45, 2.75) is 5.75 Å². The van der Waals surface area contributed by atoms with E-state index in [9.17, 15) is 0 Å². The number of aromatic nitrogens is 2. The number of thioether (sulfide) groups is 1. The zero-order chi connectivity index (χ0) is 11.2. The van der Waals surface area contributed by atoms with E-state index in [1.807, 2.05) is 47.3 Å². The summed E-state index contributed by atoms with van der Waals surface area (Å²) in [6.45, 7) is 0.226. The fourth-order valence-corrected chi connectivity index (χ4v) is 2.04. The van der Waals surface area contributed by atoms with Crippen LogP contribution in [0.25, 0.3) is 5.69 Å². The minimum atomic E-state index is 0.226. The second-order valence-electron chi connectivity index (χ2n) is 3.36. The molecule has 4 heteroatoms. The molecule has 0 aliphatic heterocycles. The number of nitrogens with zero attached hydrogens (tertiary/aromatic N) is 2. The highest BCUT2D eigenvalue weighted by atomic mass is 32.2. The van der Waals surface area contributed by atoms with Gasteiger partial charge in [-0.2, -0.15) is 16.9 Å². The van der Waals surface area contributed by atoms with Gasteiger partial charge in [-0.3, -0.25) is 0 Å². The van der Waals surface area contributed by atoms with Crippen molar-refractivity contribution >= 4 is 11.8 Å². The van der Waals surface area contributed by atoms with Crippen molar-refractivity contribution in [3.63, 3.8) is 0 Å². The van der Waals surface area contributed by atoms with Gasteiger partial charge in [-0.25, -0.2) is 4.68 Å². The van der Waals surface area contributed by atoms with E-state index >= 15 is 0 Å².